The predicted octanol–water partition coefficient (Wildman–Crippen LogP) is 4.40. The Morgan fingerprint density at radius 3 is 2.59 bits per heavy atom. The van der Waals surface area contributed by atoms with Crippen LogP contribution in [0.4, 0.5) is 0 Å². The number of benzene rings is 2. The van der Waals surface area contributed by atoms with Crippen molar-refractivity contribution in [3.63, 3.8) is 0 Å². The molecule has 0 N–H and O–H groups in total. The first-order chi connectivity index (χ1) is 13.9. The first-order valence-electron chi connectivity index (χ1n) is 9.91. The second-order valence-corrected chi connectivity index (χ2v) is 8.55. The lowest BCUT2D eigenvalue weighted by Gasteiger charge is -2.29. The van der Waals surface area contributed by atoms with E-state index in [9.17, 15) is 4.79 Å². The topological polar surface area (TPSA) is 48.0 Å². The number of ketones is 1. The summed E-state index contributed by atoms with van der Waals surface area (Å²) in [5.41, 5.74) is 3.81. The Morgan fingerprint density at radius 2 is 1.90 bits per heavy atom. The molecule has 5 nitrogen and oxygen atoms in total. The zero-order valence-electron chi connectivity index (χ0n) is 17.5. The van der Waals surface area contributed by atoms with Gasteiger partial charge in [-0.15, -0.1) is 0 Å². The third kappa shape index (κ3) is 3.93. The van der Waals surface area contributed by atoms with E-state index in [2.05, 4.69) is 37.8 Å². The van der Waals surface area contributed by atoms with Crippen LogP contribution in [0.15, 0.2) is 42.2 Å². The number of Topliss-reactive ketones (excluding diaryl/α,β-unsaturated/α-hetero) is 1. The summed E-state index contributed by atoms with van der Waals surface area (Å²) >= 11 is 0. The summed E-state index contributed by atoms with van der Waals surface area (Å²) in [5.74, 6) is 1.66. The van der Waals surface area contributed by atoms with E-state index < -0.39 is 0 Å². The van der Waals surface area contributed by atoms with Gasteiger partial charge >= 0.3 is 0 Å². The van der Waals surface area contributed by atoms with Crippen molar-refractivity contribution in [1.29, 1.82) is 0 Å². The van der Waals surface area contributed by atoms with Crippen LogP contribution < -0.4 is 9.47 Å². The molecule has 5 heteroatoms. The van der Waals surface area contributed by atoms with E-state index >= 15 is 0 Å². The molecule has 2 heterocycles. The van der Waals surface area contributed by atoms with Crippen molar-refractivity contribution in [2.45, 2.75) is 32.7 Å². The molecule has 4 rings (SSSR count). The van der Waals surface area contributed by atoms with Crippen molar-refractivity contribution in [3.8, 4) is 11.5 Å². The molecule has 0 spiro atoms. The average molecular weight is 393 g/mol. The highest BCUT2D eigenvalue weighted by molar-refractivity contribution is 6.15. The number of carbonyl (C=O) groups excluding carboxylic acids is 1. The summed E-state index contributed by atoms with van der Waals surface area (Å²) in [7, 11) is 1.68. The fourth-order valence-corrected chi connectivity index (χ4v) is 3.60. The molecule has 2 aliphatic rings. The maximum absolute atomic E-state index is 12.9. The highest BCUT2D eigenvalue weighted by Gasteiger charge is 2.33. The molecule has 0 radical (unpaired) electrons. The van der Waals surface area contributed by atoms with E-state index in [-0.39, 0.29) is 11.2 Å². The van der Waals surface area contributed by atoms with Gasteiger partial charge in [0, 0.05) is 20.2 Å². The molecule has 152 valence electrons. The van der Waals surface area contributed by atoms with Crippen molar-refractivity contribution < 1.29 is 19.0 Å². The van der Waals surface area contributed by atoms with Gasteiger partial charge in [0.25, 0.3) is 0 Å². The lowest BCUT2D eigenvalue weighted by Crippen LogP contribution is -2.34. The number of ether oxygens (including phenoxy) is 3. The number of carbonyl (C=O) groups is 1. The monoisotopic (exact) mass is 393 g/mol. The summed E-state index contributed by atoms with van der Waals surface area (Å²) in [5, 5.41) is 0. The van der Waals surface area contributed by atoms with Gasteiger partial charge < -0.3 is 14.2 Å². The van der Waals surface area contributed by atoms with Crippen LogP contribution in [0.25, 0.3) is 6.08 Å². The summed E-state index contributed by atoms with van der Waals surface area (Å²) in [6.07, 6.45) is 1.81. The van der Waals surface area contributed by atoms with Gasteiger partial charge in [-0.05, 0) is 34.8 Å². The van der Waals surface area contributed by atoms with Crippen molar-refractivity contribution >= 4 is 11.9 Å². The van der Waals surface area contributed by atoms with Crippen molar-refractivity contribution in [2.24, 2.45) is 0 Å². The number of methoxy groups -OCH3 is 1. The molecule has 0 bridgehead atoms. The van der Waals surface area contributed by atoms with Gasteiger partial charge in [0.05, 0.1) is 17.7 Å². The molecule has 2 aromatic rings. The summed E-state index contributed by atoms with van der Waals surface area (Å²) in [6, 6.07) is 11.9. The molecule has 2 aliphatic heterocycles. The molecule has 0 amide bonds. The lowest BCUT2D eigenvalue weighted by atomic mass is 9.86. The van der Waals surface area contributed by atoms with Crippen LogP contribution in [0.3, 0.4) is 0 Å². The Labute approximate surface area is 171 Å². The highest BCUT2D eigenvalue weighted by Crippen LogP contribution is 2.42. The Morgan fingerprint density at radius 1 is 1.14 bits per heavy atom. The second-order valence-electron chi connectivity index (χ2n) is 8.55. The van der Waals surface area contributed by atoms with Crippen molar-refractivity contribution in [1.82, 2.24) is 4.90 Å². The molecule has 0 fully saturated rings. The molecule has 0 unspecified atom stereocenters. The molecule has 0 aromatic heterocycles. The minimum absolute atomic E-state index is 0.0864. The first kappa shape index (κ1) is 19.7. The maximum atomic E-state index is 12.9. The summed E-state index contributed by atoms with van der Waals surface area (Å²) < 4.78 is 17.1. The zero-order chi connectivity index (χ0) is 20.6. The lowest BCUT2D eigenvalue weighted by molar-refractivity contribution is 0.0646. The number of allylic oxidation sites excluding steroid dienone is 1. The zero-order valence-corrected chi connectivity index (χ0v) is 17.5. The number of fused-ring (bicyclic) bond motifs is 3. The van der Waals surface area contributed by atoms with Crippen LogP contribution in [0.5, 0.6) is 11.5 Å². The standard InChI is InChI=1S/C24H27NO4/c1-24(2,3)17-7-5-16(6-8-17)13-21-22(26)18-9-10-20-19(23(18)29-21)14-25(15-28-20)11-12-27-4/h5-10,13H,11-12,14-15H2,1-4H3/b21-13-. The Hall–Kier alpha value is -2.63. The number of hydrogen-bond donors (Lipinski definition) is 0. The molecule has 29 heavy (non-hydrogen) atoms. The third-order valence-electron chi connectivity index (χ3n) is 5.37. The number of nitrogens with zero attached hydrogens (tertiary/aromatic N) is 1. The summed E-state index contributed by atoms with van der Waals surface area (Å²) in [4.78, 5) is 15.0. The van der Waals surface area contributed by atoms with E-state index in [4.69, 9.17) is 14.2 Å². The van der Waals surface area contributed by atoms with Crippen LogP contribution in [-0.4, -0.2) is 37.7 Å². The van der Waals surface area contributed by atoms with E-state index in [1.165, 1.54) is 5.56 Å². The first-order valence-corrected chi connectivity index (χ1v) is 9.91. The molecule has 0 aliphatic carbocycles. The number of hydrogen-bond acceptors (Lipinski definition) is 5. The van der Waals surface area contributed by atoms with Gasteiger partial charge in [0.1, 0.15) is 18.2 Å². The van der Waals surface area contributed by atoms with Gasteiger partial charge in [-0.2, -0.15) is 0 Å². The molecular formula is C24H27NO4. The molecular weight excluding hydrogens is 366 g/mol. The second kappa shape index (κ2) is 7.65. The molecule has 2 aromatic carbocycles. The summed E-state index contributed by atoms with van der Waals surface area (Å²) in [6.45, 7) is 9.11. The van der Waals surface area contributed by atoms with Gasteiger partial charge in [-0.25, -0.2) is 0 Å². The van der Waals surface area contributed by atoms with Gasteiger partial charge in [-0.3, -0.25) is 9.69 Å². The minimum atomic E-state index is -0.0864. The maximum Gasteiger partial charge on any atom is 0.231 e. The van der Waals surface area contributed by atoms with Gasteiger partial charge in [0.2, 0.25) is 5.78 Å². The van der Waals surface area contributed by atoms with Gasteiger partial charge in [0.15, 0.2) is 5.76 Å². The minimum Gasteiger partial charge on any atom is -0.478 e. The van der Waals surface area contributed by atoms with Crippen LogP contribution in [0.1, 0.15) is 47.8 Å². The molecule has 0 saturated carbocycles. The fourth-order valence-electron chi connectivity index (χ4n) is 3.60. The van der Waals surface area contributed by atoms with E-state index in [0.29, 0.717) is 37.0 Å². The molecule has 0 saturated heterocycles. The fraction of sp³-hybridized carbons (Fsp3) is 0.375. The molecule has 0 atom stereocenters. The Balaban J connectivity index is 1.60. The van der Waals surface area contributed by atoms with Crippen LogP contribution in [-0.2, 0) is 16.7 Å². The SMILES string of the molecule is COCCN1COc2ccc3c(c2C1)O/C(=C\c1ccc(C(C)(C)C)cc1)C3=O. The normalized spacial score (nSPS) is 17.7. The average Bonchev–Trinajstić information content (AvgIpc) is 3.02. The Bertz CT molecular complexity index is 954. The highest BCUT2D eigenvalue weighted by atomic mass is 16.5. The van der Waals surface area contributed by atoms with Crippen LogP contribution in [0, 0.1) is 0 Å². The van der Waals surface area contributed by atoms with Gasteiger partial charge in [-0.1, -0.05) is 45.0 Å². The third-order valence-corrected chi connectivity index (χ3v) is 5.37. The quantitative estimate of drug-likeness (QED) is 0.721. The van der Waals surface area contributed by atoms with Crippen molar-refractivity contribution in [2.75, 3.05) is 27.0 Å². The Kier molecular flexibility index (Phi) is 5.19. The van der Waals surface area contributed by atoms with Crippen LogP contribution in [0.2, 0.25) is 0 Å². The van der Waals surface area contributed by atoms with E-state index in [1.54, 1.807) is 13.2 Å². The largest absolute Gasteiger partial charge is 0.478 e. The van der Waals surface area contributed by atoms with E-state index in [1.807, 2.05) is 24.3 Å². The smallest absolute Gasteiger partial charge is 0.231 e. The number of rotatable bonds is 4. The van der Waals surface area contributed by atoms with E-state index in [0.717, 1.165) is 23.4 Å². The van der Waals surface area contributed by atoms with Crippen LogP contribution >= 0.6 is 0 Å². The predicted molar refractivity (Wildman–Crippen MR) is 112 cm³/mol. The van der Waals surface area contributed by atoms with Crippen molar-refractivity contribution in [3.05, 3.63) is 64.4 Å².